The predicted octanol–water partition coefficient (Wildman–Crippen LogP) is 7.32. The second kappa shape index (κ2) is 8.63. The molecule has 3 aromatic carbocycles. The number of halogens is 4. The van der Waals surface area contributed by atoms with Crippen LogP contribution in [0.15, 0.2) is 52.9 Å². The van der Waals surface area contributed by atoms with E-state index in [1.807, 2.05) is 12.1 Å². The van der Waals surface area contributed by atoms with Gasteiger partial charge in [0.15, 0.2) is 11.3 Å². The molecule has 4 aromatic rings. The summed E-state index contributed by atoms with van der Waals surface area (Å²) in [6.45, 7) is 0. The molecule has 1 aromatic heterocycles. The van der Waals surface area contributed by atoms with Crippen LogP contribution in [0.25, 0.3) is 22.6 Å². The zero-order chi connectivity index (χ0) is 21.4. The van der Waals surface area contributed by atoms with Gasteiger partial charge in [-0.3, -0.25) is 4.79 Å². The molecule has 0 aliphatic heterocycles. The number of nitrogens with zero attached hydrogens (tertiary/aromatic N) is 1. The topological polar surface area (TPSA) is 64.4 Å². The summed E-state index contributed by atoms with van der Waals surface area (Å²) in [5.41, 5.74) is 2.71. The minimum atomic E-state index is -0.370. The van der Waals surface area contributed by atoms with Gasteiger partial charge in [0.1, 0.15) is 5.52 Å². The SMILES string of the molecule is COc1c(Cl)cc(C(=O)Nc2ccc3oc(-c4cc(I)ccc4Cl)nc3c2)cc1Cl. The number of methoxy groups -OCH3 is 1. The minimum absolute atomic E-state index is 0.251. The van der Waals surface area contributed by atoms with Crippen LogP contribution in [0.5, 0.6) is 5.75 Å². The highest BCUT2D eigenvalue weighted by molar-refractivity contribution is 14.1. The van der Waals surface area contributed by atoms with Gasteiger partial charge in [0.2, 0.25) is 5.89 Å². The monoisotopic (exact) mass is 572 g/mol. The van der Waals surface area contributed by atoms with Gasteiger partial charge in [0.05, 0.1) is 27.7 Å². The molecule has 1 heterocycles. The Morgan fingerprint density at radius 3 is 2.47 bits per heavy atom. The van der Waals surface area contributed by atoms with Crippen LogP contribution in [-0.4, -0.2) is 18.0 Å². The average Bonchev–Trinajstić information content (AvgIpc) is 3.12. The molecule has 4 rings (SSSR count). The van der Waals surface area contributed by atoms with Crippen molar-refractivity contribution in [3.63, 3.8) is 0 Å². The van der Waals surface area contributed by atoms with Crippen molar-refractivity contribution < 1.29 is 13.9 Å². The highest BCUT2D eigenvalue weighted by Gasteiger charge is 2.16. The number of anilines is 1. The fourth-order valence-electron chi connectivity index (χ4n) is 2.87. The van der Waals surface area contributed by atoms with Crippen LogP contribution in [0.1, 0.15) is 10.4 Å². The normalized spacial score (nSPS) is 11.0. The number of nitrogens with one attached hydrogen (secondary N) is 1. The number of benzene rings is 3. The summed E-state index contributed by atoms with van der Waals surface area (Å²) in [5, 5.41) is 3.85. The van der Waals surface area contributed by atoms with Crippen molar-refractivity contribution in [2.45, 2.75) is 0 Å². The van der Waals surface area contributed by atoms with Crippen LogP contribution in [0.2, 0.25) is 15.1 Å². The zero-order valence-electron chi connectivity index (χ0n) is 15.3. The van der Waals surface area contributed by atoms with Crippen LogP contribution in [-0.2, 0) is 0 Å². The van der Waals surface area contributed by atoms with E-state index in [0.717, 1.165) is 3.57 Å². The van der Waals surface area contributed by atoms with E-state index in [2.05, 4.69) is 32.9 Å². The first kappa shape index (κ1) is 21.2. The number of hydrogen-bond donors (Lipinski definition) is 1. The van der Waals surface area contributed by atoms with Gasteiger partial charge in [0.25, 0.3) is 5.91 Å². The molecule has 1 amide bonds. The van der Waals surface area contributed by atoms with Crippen molar-refractivity contribution in [2.24, 2.45) is 0 Å². The Labute approximate surface area is 200 Å². The predicted molar refractivity (Wildman–Crippen MR) is 128 cm³/mol. The smallest absolute Gasteiger partial charge is 0.255 e. The van der Waals surface area contributed by atoms with E-state index in [1.165, 1.54) is 19.2 Å². The van der Waals surface area contributed by atoms with Crippen LogP contribution < -0.4 is 10.1 Å². The van der Waals surface area contributed by atoms with Gasteiger partial charge in [-0.05, 0) is 71.1 Å². The lowest BCUT2D eigenvalue weighted by Gasteiger charge is -2.09. The van der Waals surface area contributed by atoms with Gasteiger partial charge in [-0.15, -0.1) is 0 Å². The van der Waals surface area contributed by atoms with Crippen molar-refractivity contribution >= 4 is 80.1 Å². The summed E-state index contributed by atoms with van der Waals surface area (Å²) in [7, 11) is 1.46. The number of aromatic nitrogens is 1. The molecular formula is C21H12Cl3IN2O3. The van der Waals surface area contributed by atoms with Crippen molar-refractivity contribution in [1.29, 1.82) is 0 Å². The number of hydrogen-bond acceptors (Lipinski definition) is 4. The van der Waals surface area contributed by atoms with E-state index in [-0.39, 0.29) is 16.0 Å². The fraction of sp³-hybridized carbons (Fsp3) is 0.0476. The molecule has 0 bridgehead atoms. The third-order valence-electron chi connectivity index (χ3n) is 4.27. The molecule has 0 spiro atoms. The number of carbonyl (C=O) groups is 1. The Balaban J connectivity index is 1.63. The summed E-state index contributed by atoms with van der Waals surface area (Å²) in [6, 6.07) is 13.8. The van der Waals surface area contributed by atoms with Crippen molar-refractivity contribution in [2.75, 3.05) is 12.4 Å². The summed E-state index contributed by atoms with van der Waals surface area (Å²) >= 11 is 20.7. The summed E-state index contributed by atoms with van der Waals surface area (Å²) < 4.78 is 12.0. The molecule has 0 atom stereocenters. The van der Waals surface area contributed by atoms with E-state index in [0.29, 0.717) is 44.6 Å². The van der Waals surface area contributed by atoms with E-state index in [4.69, 9.17) is 44.0 Å². The van der Waals surface area contributed by atoms with Crippen LogP contribution >= 0.6 is 57.4 Å². The molecular weight excluding hydrogens is 562 g/mol. The Morgan fingerprint density at radius 2 is 1.77 bits per heavy atom. The average molecular weight is 574 g/mol. The molecule has 9 heteroatoms. The number of fused-ring (bicyclic) bond motifs is 1. The van der Waals surface area contributed by atoms with E-state index in [9.17, 15) is 4.79 Å². The summed E-state index contributed by atoms with van der Waals surface area (Å²) in [5.74, 6) is 0.358. The third-order valence-corrected chi connectivity index (χ3v) is 5.83. The van der Waals surface area contributed by atoms with Gasteiger partial charge in [-0.2, -0.15) is 0 Å². The second-order valence-electron chi connectivity index (χ2n) is 6.25. The molecule has 0 fully saturated rings. The quantitative estimate of drug-likeness (QED) is 0.260. The highest BCUT2D eigenvalue weighted by Crippen LogP contribution is 2.35. The molecule has 152 valence electrons. The Kier molecular flexibility index (Phi) is 6.11. The Hall–Kier alpha value is -2.00. The lowest BCUT2D eigenvalue weighted by molar-refractivity contribution is 0.102. The molecule has 0 unspecified atom stereocenters. The highest BCUT2D eigenvalue weighted by atomic mass is 127. The maximum absolute atomic E-state index is 12.6. The fourth-order valence-corrected chi connectivity index (χ4v) is 4.20. The molecule has 0 aliphatic carbocycles. The molecule has 0 saturated carbocycles. The van der Waals surface area contributed by atoms with Crippen LogP contribution in [0, 0.1) is 3.57 Å². The lowest BCUT2D eigenvalue weighted by Crippen LogP contribution is -2.12. The number of amides is 1. The molecule has 0 radical (unpaired) electrons. The maximum Gasteiger partial charge on any atom is 0.255 e. The summed E-state index contributed by atoms with van der Waals surface area (Å²) in [6.07, 6.45) is 0. The molecule has 30 heavy (non-hydrogen) atoms. The van der Waals surface area contributed by atoms with Gasteiger partial charge in [0, 0.05) is 14.8 Å². The molecule has 1 N–H and O–H groups in total. The first-order valence-corrected chi connectivity index (χ1v) is 10.8. The summed E-state index contributed by atoms with van der Waals surface area (Å²) in [4.78, 5) is 17.1. The Morgan fingerprint density at radius 1 is 1.03 bits per heavy atom. The van der Waals surface area contributed by atoms with E-state index >= 15 is 0 Å². The van der Waals surface area contributed by atoms with Gasteiger partial charge in [-0.1, -0.05) is 34.8 Å². The van der Waals surface area contributed by atoms with Crippen molar-refractivity contribution in [3.8, 4) is 17.2 Å². The molecule has 0 saturated heterocycles. The standard InChI is InChI=1S/C21H12Cl3IN2O3/c1-29-19-15(23)6-10(7-16(19)24)20(28)26-12-3-5-18-17(9-12)27-21(30-18)13-8-11(25)2-4-14(13)22/h2-9H,1H3,(H,26,28). The zero-order valence-corrected chi connectivity index (χ0v) is 19.7. The lowest BCUT2D eigenvalue weighted by atomic mass is 10.2. The number of rotatable bonds is 4. The largest absolute Gasteiger partial charge is 0.494 e. The van der Waals surface area contributed by atoms with Crippen molar-refractivity contribution in [1.82, 2.24) is 4.98 Å². The van der Waals surface area contributed by atoms with Crippen molar-refractivity contribution in [3.05, 3.63) is 72.7 Å². The van der Waals surface area contributed by atoms with Gasteiger partial charge < -0.3 is 14.5 Å². The Bertz CT molecular complexity index is 1270. The minimum Gasteiger partial charge on any atom is -0.494 e. The van der Waals surface area contributed by atoms with E-state index in [1.54, 1.807) is 24.3 Å². The molecule has 5 nitrogen and oxygen atoms in total. The second-order valence-corrected chi connectivity index (χ2v) is 8.72. The van der Waals surface area contributed by atoms with Gasteiger partial charge >= 0.3 is 0 Å². The first-order valence-electron chi connectivity index (χ1n) is 8.56. The van der Waals surface area contributed by atoms with Gasteiger partial charge in [-0.25, -0.2) is 4.98 Å². The molecule has 0 aliphatic rings. The number of ether oxygens (including phenoxy) is 1. The van der Waals surface area contributed by atoms with E-state index < -0.39 is 0 Å². The third kappa shape index (κ3) is 4.23. The number of carbonyl (C=O) groups excluding carboxylic acids is 1. The van der Waals surface area contributed by atoms with Crippen LogP contribution in [0.3, 0.4) is 0 Å². The first-order chi connectivity index (χ1) is 14.4. The number of oxazole rings is 1. The maximum atomic E-state index is 12.6. The van der Waals surface area contributed by atoms with Crippen LogP contribution in [0.4, 0.5) is 5.69 Å².